The lowest BCUT2D eigenvalue weighted by Gasteiger charge is -2.20. The van der Waals surface area contributed by atoms with Crippen molar-refractivity contribution in [2.45, 2.75) is 10.4 Å². The second kappa shape index (κ2) is 8.27. The van der Waals surface area contributed by atoms with Crippen LogP contribution in [0.3, 0.4) is 0 Å². The van der Waals surface area contributed by atoms with E-state index in [0.29, 0.717) is 17.8 Å². The molecule has 28 heavy (non-hydrogen) atoms. The molecule has 0 bridgehead atoms. The highest BCUT2D eigenvalue weighted by atomic mass is 79.9. The SMILES string of the molecule is Cn1ncc(Br)c1-c1cccc(NN(C=O)c2ccc(SC(F)(F)F)cc2)c1. The zero-order valence-corrected chi connectivity index (χ0v) is 16.8. The van der Waals surface area contributed by atoms with Gasteiger partial charge in [0.2, 0.25) is 6.41 Å². The number of amides is 1. The lowest BCUT2D eigenvalue weighted by Crippen LogP contribution is -2.27. The minimum Gasteiger partial charge on any atom is -0.292 e. The Morgan fingerprint density at radius 1 is 1.21 bits per heavy atom. The van der Waals surface area contributed by atoms with Gasteiger partial charge in [0.15, 0.2) is 0 Å². The van der Waals surface area contributed by atoms with Gasteiger partial charge in [0.25, 0.3) is 0 Å². The van der Waals surface area contributed by atoms with E-state index in [1.807, 2.05) is 25.2 Å². The normalized spacial score (nSPS) is 11.3. The maximum Gasteiger partial charge on any atom is 0.446 e. The van der Waals surface area contributed by atoms with Crippen LogP contribution in [-0.2, 0) is 11.8 Å². The number of nitrogens with one attached hydrogen (secondary N) is 1. The molecule has 3 rings (SSSR count). The highest BCUT2D eigenvalue weighted by molar-refractivity contribution is 9.10. The van der Waals surface area contributed by atoms with Gasteiger partial charge >= 0.3 is 5.51 Å². The summed E-state index contributed by atoms with van der Waals surface area (Å²) >= 11 is 3.25. The van der Waals surface area contributed by atoms with Gasteiger partial charge in [-0.1, -0.05) is 12.1 Å². The van der Waals surface area contributed by atoms with E-state index in [9.17, 15) is 18.0 Å². The number of hydrogen-bond acceptors (Lipinski definition) is 4. The number of aryl methyl sites for hydroxylation is 1. The number of alkyl halides is 3. The monoisotopic (exact) mass is 470 g/mol. The second-order valence-electron chi connectivity index (χ2n) is 5.67. The van der Waals surface area contributed by atoms with Crippen LogP contribution in [0, 0.1) is 0 Å². The Bertz CT molecular complexity index is 956. The average molecular weight is 471 g/mol. The summed E-state index contributed by atoms with van der Waals surface area (Å²) in [6, 6.07) is 12.9. The number of benzene rings is 2. The Morgan fingerprint density at radius 2 is 1.93 bits per heavy atom. The van der Waals surface area contributed by atoms with Crippen LogP contribution < -0.4 is 10.4 Å². The summed E-state index contributed by atoms with van der Waals surface area (Å²) < 4.78 is 39.9. The van der Waals surface area contributed by atoms with E-state index >= 15 is 0 Å². The van der Waals surface area contributed by atoms with Crippen LogP contribution in [0.4, 0.5) is 24.5 Å². The molecule has 0 fully saturated rings. The number of hydrogen-bond donors (Lipinski definition) is 1. The highest BCUT2D eigenvalue weighted by Gasteiger charge is 2.29. The third-order valence-electron chi connectivity index (χ3n) is 3.73. The van der Waals surface area contributed by atoms with Crippen molar-refractivity contribution in [1.82, 2.24) is 9.78 Å². The molecule has 3 aromatic rings. The molecule has 0 atom stereocenters. The lowest BCUT2D eigenvalue weighted by molar-refractivity contribution is -0.107. The van der Waals surface area contributed by atoms with Gasteiger partial charge in [0.05, 0.1) is 27.7 Å². The molecule has 0 unspecified atom stereocenters. The van der Waals surface area contributed by atoms with Crippen molar-refractivity contribution in [1.29, 1.82) is 0 Å². The zero-order valence-electron chi connectivity index (χ0n) is 14.4. The fourth-order valence-electron chi connectivity index (χ4n) is 2.57. The van der Waals surface area contributed by atoms with Crippen molar-refractivity contribution in [3.8, 4) is 11.3 Å². The summed E-state index contributed by atoms with van der Waals surface area (Å²) in [5.41, 5.74) is 1.38. The fourth-order valence-corrected chi connectivity index (χ4v) is 3.69. The largest absolute Gasteiger partial charge is 0.446 e. The highest BCUT2D eigenvalue weighted by Crippen LogP contribution is 2.37. The summed E-state index contributed by atoms with van der Waals surface area (Å²) in [5, 5.41) is 5.38. The number of carbonyl (C=O) groups excluding carboxylic acids is 1. The van der Waals surface area contributed by atoms with Crippen LogP contribution in [0.25, 0.3) is 11.3 Å². The number of anilines is 2. The summed E-state index contributed by atoms with van der Waals surface area (Å²) in [4.78, 5) is 11.5. The summed E-state index contributed by atoms with van der Waals surface area (Å²) in [7, 11) is 1.82. The third kappa shape index (κ3) is 4.87. The molecule has 2 aromatic carbocycles. The molecular weight excluding hydrogens is 457 g/mol. The fraction of sp³-hybridized carbons (Fsp3) is 0.111. The molecule has 1 N–H and O–H groups in total. The van der Waals surface area contributed by atoms with Crippen molar-refractivity contribution >= 4 is 45.5 Å². The minimum absolute atomic E-state index is 0.0464. The molecule has 0 saturated carbocycles. The topological polar surface area (TPSA) is 50.2 Å². The first-order valence-corrected chi connectivity index (χ1v) is 9.53. The van der Waals surface area contributed by atoms with E-state index in [2.05, 4.69) is 26.5 Å². The maximum atomic E-state index is 12.4. The first kappa shape index (κ1) is 20.3. The maximum absolute atomic E-state index is 12.4. The van der Waals surface area contributed by atoms with Gasteiger partial charge < -0.3 is 0 Å². The predicted octanol–water partition coefficient (Wildman–Crippen LogP) is 5.45. The van der Waals surface area contributed by atoms with Crippen LogP contribution in [0.15, 0.2) is 64.1 Å². The first-order valence-electron chi connectivity index (χ1n) is 7.92. The number of carbonyl (C=O) groups is 1. The van der Waals surface area contributed by atoms with E-state index in [1.54, 1.807) is 16.9 Å². The Balaban J connectivity index is 1.80. The number of hydrazine groups is 1. The van der Waals surface area contributed by atoms with Gasteiger partial charge in [-0.05, 0) is 64.1 Å². The molecule has 0 spiro atoms. The molecule has 1 aromatic heterocycles. The molecule has 1 amide bonds. The zero-order chi connectivity index (χ0) is 20.3. The van der Waals surface area contributed by atoms with Crippen LogP contribution in [0.1, 0.15) is 0 Å². The van der Waals surface area contributed by atoms with Crippen molar-refractivity contribution in [2.75, 3.05) is 10.4 Å². The van der Waals surface area contributed by atoms with Crippen LogP contribution in [-0.4, -0.2) is 21.7 Å². The minimum atomic E-state index is -4.36. The van der Waals surface area contributed by atoms with E-state index in [-0.39, 0.29) is 16.7 Å². The number of thioether (sulfide) groups is 1. The third-order valence-corrected chi connectivity index (χ3v) is 5.05. The molecular formula is C18H14BrF3N4OS. The molecule has 0 radical (unpaired) electrons. The molecule has 0 aliphatic carbocycles. The van der Waals surface area contributed by atoms with Gasteiger partial charge in [0, 0.05) is 17.5 Å². The Hall–Kier alpha value is -2.46. The van der Waals surface area contributed by atoms with Crippen LogP contribution in [0.2, 0.25) is 0 Å². The van der Waals surface area contributed by atoms with Gasteiger partial charge in [-0.15, -0.1) is 0 Å². The summed E-state index contributed by atoms with van der Waals surface area (Å²) in [6.07, 6.45) is 2.24. The number of nitrogens with zero attached hydrogens (tertiary/aromatic N) is 3. The Morgan fingerprint density at radius 3 is 2.50 bits per heavy atom. The van der Waals surface area contributed by atoms with Crippen molar-refractivity contribution in [2.24, 2.45) is 7.05 Å². The average Bonchev–Trinajstić information content (AvgIpc) is 2.98. The van der Waals surface area contributed by atoms with E-state index in [1.165, 1.54) is 29.3 Å². The molecule has 0 saturated heterocycles. The second-order valence-corrected chi connectivity index (χ2v) is 7.67. The lowest BCUT2D eigenvalue weighted by atomic mass is 10.1. The van der Waals surface area contributed by atoms with Gasteiger partial charge in [-0.3, -0.25) is 14.9 Å². The van der Waals surface area contributed by atoms with Crippen LogP contribution >= 0.6 is 27.7 Å². The standard InChI is InChI=1S/C18H14BrF3N4OS/c1-25-17(16(19)10-23-25)12-3-2-4-13(9-12)24-26(11-27)14-5-7-15(8-6-14)28-18(20,21)22/h2-11,24H,1H3. The number of aromatic nitrogens is 2. The molecule has 0 aliphatic heterocycles. The summed E-state index contributed by atoms with van der Waals surface area (Å²) in [5.74, 6) is 0. The molecule has 5 nitrogen and oxygen atoms in total. The predicted molar refractivity (Wildman–Crippen MR) is 107 cm³/mol. The van der Waals surface area contributed by atoms with Gasteiger partial charge in [-0.2, -0.15) is 18.3 Å². The Labute approximate surface area is 171 Å². The Kier molecular flexibility index (Phi) is 5.99. The molecule has 10 heteroatoms. The quantitative estimate of drug-likeness (QED) is 0.295. The molecule has 0 aliphatic rings. The number of rotatable bonds is 6. The van der Waals surface area contributed by atoms with Gasteiger partial charge in [0.1, 0.15) is 0 Å². The van der Waals surface area contributed by atoms with Crippen molar-refractivity contribution in [3.05, 3.63) is 59.2 Å². The van der Waals surface area contributed by atoms with E-state index in [4.69, 9.17) is 0 Å². The molecule has 146 valence electrons. The van der Waals surface area contributed by atoms with Crippen LogP contribution in [0.5, 0.6) is 0 Å². The van der Waals surface area contributed by atoms with Crippen molar-refractivity contribution < 1.29 is 18.0 Å². The van der Waals surface area contributed by atoms with Gasteiger partial charge in [-0.25, -0.2) is 5.01 Å². The molecule has 1 heterocycles. The van der Waals surface area contributed by atoms with E-state index < -0.39 is 5.51 Å². The number of halogens is 4. The first-order chi connectivity index (χ1) is 13.3. The summed E-state index contributed by atoms with van der Waals surface area (Å²) in [6.45, 7) is 0. The van der Waals surface area contributed by atoms with E-state index in [0.717, 1.165) is 15.7 Å². The smallest absolute Gasteiger partial charge is 0.292 e. The van der Waals surface area contributed by atoms with Crippen molar-refractivity contribution in [3.63, 3.8) is 0 Å².